The third-order valence-electron chi connectivity index (χ3n) is 1.57. The molecular weight excluding hydrogens is 135 g/mol. The molecule has 4 nitrogen and oxygen atoms in total. The summed E-state index contributed by atoms with van der Waals surface area (Å²) in [4.78, 5) is 2.57. The first-order chi connectivity index (χ1) is 4.84. The highest BCUT2D eigenvalue weighted by Gasteiger charge is 2.22. The number of rotatable bonds is 1. The van der Waals surface area contributed by atoms with Crippen LogP contribution in [0.25, 0.3) is 10.4 Å². The van der Waals surface area contributed by atoms with Gasteiger partial charge in [-0.15, -0.1) is 0 Å². The molecule has 0 aromatic rings. The summed E-state index contributed by atoms with van der Waals surface area (Å²) in [5.74, 6) is 0. The van der Waals surface area contributed by atoms with Gasteiger partial charge >= 0.3 is 0 Å². The summed E-state index contributed by atoms with van der Waals surface area (Å²) >= 11 is 0. The fraction of sp³-hybridized carbons (Fsp3) is 1.00. The molecule has 10 heavy (non-hydrogen) atoms. The summed E-state index contributed by atoms with van der Waals surface area (Å²) in [5, 5.41) is 6.19. The molecule has 1 N–H and O–H groups in total. The van der Waals surface area contributed by atoms with Gasteiger partial charge in [0.25, 0.3) is 0 Å². The van der Waals surface area contributed by atoms with Gasteiger partial charge in [-0.3, -0.25) is 0 Å². The Balaban J connectivity index is 2.47. The molecular formula is C5H9FN4. The van der Waals surface area contributed by atoms with Crippen molar-refractivity contribution in [2.45, 2.75) is 18.6 Å². The van der Waals surface area contributed by atoms with Gasteiger partial charge in [-0.2, -0.15) is 0 Å². The van der Waals surface area contributed by atoms with E-state index in [1.54, 1.807) is 0 Å². The second-order valence-electron chi connectivity index (χ2n) is 2.28. The summed E-state index contributed by atoms with van der Waals surface area (Å²) in [7, 11) is 0. The molecule has 2 unspecified atom stereocenters. The van der Waals surface area contributed by atoms with E-state index >= 15 is 0 Å². The van der Waals surface area contributed by atoms with E-state index in [0.29, 0.717) is 13.0 Å². The number of azide groups is 1. The molecule has 1 fully saturated rings. The lowest BCUT2D eigenvalue weighted by Gasteiger charge is -2.22. The summed E-state index contributed by atoms with van der Waals surface area (Å²) in [6.45, 7) is 1.05. The van der Waals surface area contributed by atoms with E-state index in [4.69, 9.17) is 5.53 Å². The first-order valence-electron chi connectivity index (χ1n) is 3.23. The van der Waals surface area contributed by atoms with Crippen LogP contribution in [0.4, 0.5) is 4.39 Å². The van der Waals surface area contributed by atoms with Crippen molar-refractivity contribution in [2.75, 3.05) is 13.1 Å². The van der Waals surface area contributed by atoms with Crippen LogP contribution in [0.5, 0.6) is 0 Å². The molecule has 56 valence electrons. The molecule has 1 saturated heterocycles. The molecule has 1 aliphatic heterocycles. The summed E-state index contributed by atoms with van der Waals surface area (Å²) < 4.78 is 12.7. The average Bonchev–Trinajstić information content (AvgIpc) is 1.94. The van der Waals surface area contributed by atoms with Crippen LogP contribution in [-0.2, 0) is 0 Å². The Hall–Kier alpha value is -0.800. The van der Waals surface area contributed by atoms with Gasteiger partial charge in [0.15, 0.2) is 0 Å². The number of halogens is 1. The minimum absolute atomic E-state index is 0.309. The van der Waals surface area contributed by atoms with Gasteiger partial charge in [-0.1, -0.05) is 5.11 Å². The molecule has 0 spiro atoms. The maximum atomic E-state index is 12.7. The van der Waals surface area contributed by atoms with Crippen molar-refractivity contribution in [3.05, 3.63) is 10.4 Å². The third-order valence-corrected chi connectivity index (χ3v) is 1.57. The maximum absolute atomic E-state index is 12.7. The normalized spacial score (nSPS) is 32.9. The smallest absolute Gasteiger partial charge is 0.121 e. The molecule has 0 amide bonds. The zero-order chi connectivity index (χ0) is 7.40. The molecule has 0 saturated carbocycles. The standard InChI is InChI=1S/C5H9FN4/c6-4-3-8-2-1-5(4)9-10-7/h4-5,8H,1-3H2. The predicted molar refractivity (Wildman–Crippen MR) is 35.3 cm³/mol. The SMILES string of the molecule is [N-]=[N+]=NC1CCNCC1F. The highest BCUT2D eigenvalue weighted by molar-refractivity contribution is 4.83. The van der Waals surface area contributed by atoms with Gasteiger partial charge in [0.2, 0.25) is 0 Å². The Morgan fingerprint density at radius 3 is 3.10 bits per heavy atom. The van der Waals surface area contributed by atoms with E-state index in [1.807, 2.05) is 0 Å². The van der Waals surface area contributed by atoms with Crippen molar-refractivity contribution in [1.82, 2.24) is 5.32 Å². The quantitative estimate of drug-likeness (QED) is 0.333. The van der Waals surface area contributed by atoms with E-state index in [2.05, 4.69) is 15.3 Å². The Bertz CT molecular complexity index is 154. The van der Waals surface area contributed by atoms with Gasteiger partial charge in [-0.05, 0) is 18.5 Å². The molecule has 1 rings (SSSR count). The van der Waals surface area contributed by atoms with Crippen LogP contribution in [0.3, 0.4) is 0 Å². The van der Waals surface area contributed by atoms with Crippen molar-refractivity contribution >= 4 is 0 Å². The lowest BCUT2D eigenvalue weighted by Crippen LogP contribution is -2.40. The Labute approximate surface area is 58.0 Å². The van der Waals surface area contributed by atoms with Crippen LogP contribution in [0, 0.1) is 0 Å². The Morgan fingerprint density at radius 2 is 2.50 bits per heavy atom. The zero-order valence-electron chi connectivity index (χ0n) is 5.50. The maximum Gasteiger partial charge on any atom is 0.121 e. The van der Waals surface area contributed by atoms with E-state index in [0.717, 1.165) is 6.54 Å². The number of nitrogens with zero attached hydrogens (tertiary/aromatic N) is 3. The minimum Gasteiger partial charge on any atom is -0.314 e. The summed E-state index contributed by atoms with van der Waals surface area (Å²) in [6.07, 6.45) is -0.407. The monoisotopic (exact) mass is 144 g/mol. The van der Waals surface area contributed by atoms with Crippen LogP contribution in [0.15, 0.2) is 5.11 Å². The number of hydrogen-bond donors (Lipinski definition) is 1. The van der Waals surface area contributed by atoms with Crippen molar-refractivity contribution in [2.24, 2.45) is 5.11 Å². The van der Waals surface area contributed by atoms with Gasteiger partial charge in [0.1, 0.15) is 6.17 Å². The van der Waals surface area contributed by atoms with E-state index in [9.17, 15) is 4.39 Å². The molecule has 0 radical (unpaired) electrons. The van der Waals surface area contributed by atoms with Gasteiger partial charge in [-0.25, -0.2) is 4.39 Å². The fourth-order valence-electron chi connectivity index (χ4n) is 1.00. The average molecular weight is 144 g/mol. The fourth-order valence-corrected chi connectivity index (χ4v) is 1.00. The first kappa shape index (κ1) is 7.31. The minimum atomic E-state index is -1.01. The van der Waals surface area contributed by atoms with E-state index in [1.165, 1.54) is 0 Å². The topological polar surface area (TPSA) is 60.8 Å². The predicted octanol–water partition coefficient (Wildman–Crippen LogP) is 0.997. The van der Waals surface area contributed by atoms with Crippen molar-refractivity contribution in [1.29, 1.82) is 0 Å². The van der Waals surface area contributed by atoms with Crippen LogP contribution in [-0.4, -0.2) is 25.3 Å². The third kappa shape index (κ3) is 1.59. The van der Waals surface area contributed by atoms with Crippen LogP contribution in [0.1, 0.15) is 6.42 Å². The Kier molecular flexibility index (Phi) is 2.48. The van der Waals surface area contributed by atoms with E-state index < -0.39 is 12.2 Å². The highest BCUT2D eigenvalue weighted by atomic mass is 19.1. The second kappa shape index (κ2) is 3.39. The molecule has 0 aromatic carbocycles. The zero-order valence-corrected chi connectivity index (χ0v) is 5.50. The number of hydrogen-bond acceptors (Lipinski definition) is 2. The lowest BCUT2D eigenvalue weighted by atomic mass is 10.1. The van der Waals surface area contributed by atoms with Crippen LogP contribution in [0.2, 0.25) is 0 Å². The first-order valence-corrected chi connectivity index (χ1v) is 3.23. The molecule has 0 bridgehead atoms. The number of nitrogens with one attached hydrogen (secondary N) is 1. The molecule has 0 aliphatic carbocycles. The summed E-state index contributed by atoms with van der Waals surface area (Å²) in [6, 6.07) is -0.453. The summed E-state index contributed by atoms with van der Waals surface area (Å²) in [5.41, 5.74) is 8.01. The van der Waals surface area contributed by atoms with Crippen molar-refractivity contribution in [3.8, 4) is 0 Å². The number of piperidine rings is 1. The van der Waals surface area contributed by atoms with Crippen molar-refractivity contribution < 1.29 is 4.39 Å². The van der Waals surface area contributed by atoms with Crippen LogP contribution >= 0.6 is 0 Å². The van der Waals surface area contributed by atoms with Crippen molar-refractivity contribution in [3.63, 3.8) is 0 Å². The van der Waals surface area contributed by atoms with Gasteiger partial charge < -0.3 is 5.32 Å². The number of alkyl halides is 1. The molecule has 0 aromatic heterocycles. The Morgan fingerprint density at radius 1 is 1.70 bits per heavy atom. The highest BCUT2D eigenvalue weighted by Crippen LogP contribution is 2.10. The molecule has 5 heteroatoms. The van der Waals surface area contributed by atoms with Gasteiger partial charge in [0.05, 0.1) is 6.04 Å². The van der Waals surface area contributed by atoms with Gasteiger partial charge in [0, 0.05) is 11.5 Å². The lowest BCUT2D eigenvalue weighted by molar-refractivity contribution is 0.233. The molecule has 1 aliphatic rings. The molecule has 2 atom stereocenters. The largest absolute Gasteiger partial charge is 0.314 e. The second-order valence-corrected chi connectivity index (χ2v) is 2.28. The van der Waals surface area contributed by atoms with Crippen LogP contribution < -0.4 is 5.32 Å². The van der Waals surface area contributed by atoms with E-state index in [-0.39, 0.29) is 0 Å². The molecule has 1 heterocycles.